The first-order valence-corrected chi connectivity index (χ1v) is 21.1. The number of hydrogen-bond acceptors (Lipinski definition) is 2. The van der Waals surface area contributed by atoms with Crippen LogP contribution in [0.4, 0.5) is 0 Å². The summed E-state index contributed by atoms with van der Waals surface area (Å²) in [5, 5.41) is 5.04. The zero-order valence-electron chi connectivity index (χ0n) is 37.6. The summed E-state index contributed by atoms with van der Waals surface area (Å²) in [5.41, 5.74) is 15.9. The highest BCUT2D eigenvalue weighted by Crippen LogP contribution is 2.58. The van der Waals surface area contributed by atoms with Gasteiger partial charge in [0.2, 0.25) is 0 Å². The second-order valence-electron chi connectivity index (χ2n) is 22.2. The lowest BCUT2D eigenvalue weighted by molar-refractivity contribution is 0.00578. The Kier molecular flexibility index (Phi) is 8.81. The van der Waals surface area contributed by atoms with Crippen molar-refractivity contribution in [2.45, 2.75) is 144 Å². The van der Waals surface area contributed by atoms with Crippen LogP contribution in [0.15, 0.2) is 91.0 Å². The van der Waals surface area contributed by atoms with E-state index in [9.17, 15) is 0 Å². The molecule has 3 heteroatoms. The molecule has 0 spiro atoms. The van der Waals surface area contributed by atoms with Gasteiger partial charge in [0.1, 0.15) is 0 Å². The monoisotopic (exact) mass is 754 g/mol. The summed E-state index contributed by atoms with van der Waals surface area (Å²) in [6, 6.07) is 35.5. The minimum atomic E-state index is -0.461. The first-order chi connectivity index (χ1) is 26.3. The van der Waals surface area contributed by atoms with E-state index in [2.05, 4.69) is 202 Å². The van der Waals surface area contributed by atoms with E-state index in [1.54, 1.807) is 0 Å². The highest BCUT2D eigenvalue weighted by Gasteiger charge is 2.52. The molecule has 2 nitrogen and oxygen atoms in total. The van der Waals surface area contributed by atoms with Crippen LogP contribution in [0, 0.1) is 0 Å². The summed E-state index contributed by atoms with van der Waals surface area (Å²) >= 11 is 0. The fourth-order valence-corrected chi connectivity index (χ4v) is 8.87. The minimum Gasteiger partial charge on any atom is -0.399 e. The van der Waals surface area contributed by atoms with E-state index in [0.29, 0.717) is 0 Å². The fraction of sp³-hybridized carbons (Fsp3) is 0.407. The molecule has 1 aliphatic heterocycles. The van der Waals surface area contributed by atoms with Gasteiger partial charge in [-0.05, 0) is 143 Å². The molecule has 0 saturated carbocycles. The quantitative estimate of drug-likeness (QED) is 0.167. The lowest BCUT2D eigenvalue weighted by Gasteiger charge is -2.32. The molecule has 294 valence electrons. The van der Waals surface area contributed by atoms with Crippen molar-refractivity contribution < 1.29 is 9.31 Å². The molecule has 1 heterocycles. The maximum atomic E-state index is 6.74. The van der Waals surface area contributed by atoms with Gasteiger partial charge in [0, 0.05) is 0 Å². The molecule has 0 N–H and O–H groups in total. The Morgan fingerprint density at radius 2 is 0.772 bits per heavy atom. The first kappa shape index (κ1) is 39.6. The van der Waals surface area contributed by atoms with Crippen LogP contribution >= 0.6 is 0 Å². The third-order valence-electron chi connectivity index (χ3n) is 13.2. The van der Waals surface area contributed by atoms with Gasteiger partial charge in [-0.2, -0.15) is 0 Å². The molecule has 0 amide bonds. The SMILES string of the molecule is CC(C)(C)c1cc(-c2c3c(c(-c4cc(C(C)(C)C)cc(C(C)(C)C)c4)c4ccccc24)-c2ccc(B4OC(C)(C)C(C)(C)O4)c4cccc-3c24)cc(C(C)(C)C)c1. The van der Waals surface area contributed by atoms with E-state index in [1.165, 1.54) is 88.3 Å². The highest BCUT2D eigenvalue weighted by molar-refractivity contribution is 6.65. The fourth-order valence-electron chi connectivity index (χ4n) is 8.87. The average Bonchev–Trinajstić information content (AvgIpc) is 3.54. The van der Waals surface area contributed by atoms with E-state index in [1.807, 2.05) is 0 Å². The van der Waals surface area contributed by atoms with E-state index < -0.39 is 18.3 Å². The maximum Gasteiger partial charge on any atom is 0.495 e. The molecule has 0 radical (unpaired) electrons. The molecule has 0 aromatic heterocycles. The molecule has 1 fully saturated rings. The van der Waals surface area contributed by atoms with E-state index in [-0.39, 0.29) is 21.7 Å². The van der Waals surface area contributed by atoms with Crippen molar-refractivity contribution in [1.29, 1.82) is 0 Å². The molecular weight excluding hydrogens is 691 g/mol. The Labute approximate surface area is 343 Å². The summed E-state index contributed by atoms with van der Waals surface area (Å²) in [5.74, 6) is 0. The maximum absolute atomic E-state index is 6.74. The Morgan fingerprint density at radius 1 is 0.404 bits per heavy atom. The van der Waals surface area contributed by atoms with E-state index in [4.69, 9.17) is 9.31 Å². The van der Waals surface area contributed by atoms with Crippen molar-refractivity contribution in [1.82, 2.24) is 0 Å². The summed E-state index contributed by atoms with van der Waals surface area (Å²) < 4.78 is 13.5. The Morgan fingerprint density at radius 3 is 1.16 bits per heavy atom. The van der Waals surface area contributed by atoms with Gasteiger partial charge >= 0.3 is 7.12 Å². The van der Waals surface area contributed by atoms with Gasteiger partial charge in [-0.25, -0.2) is 0 Å². The number of hydrogen-bond donors (Lipinski definition) is 0. The Hall–Kier alpha value is -4.18. The molecular formula is C54H63BO2. The van der Waals surface area contributed by atoms with Gasteiger partial charge < -0.3 is 9.31 Å². The zero-order valence-corrected chi connectivity index (χ0v) is 37.6. The predicted octanol–water partition coefficient (Wildman–Crippen LogP) is 14.5. The largest absolute Gasteiger partial charge is 0.495 e. The highest BCUT2D eigenvalue weighted by atomic mass is 16.7. The van der Waals surface area contributed by atoms with Crippen molar-refractivity contribution in [3.05, 3.63) is 113 Å². The normalized spacial score (nSPS) is 16.5. The molecule has 8 rings (SSSR count). The van der Waals surface area contributed by atoms with Gasteiger partial charge in [-0.1, -0.05) is 174 Å². The molecule has 2 aliphatic rings. The van der Waals surface area contributed by atoms with E-state index >= 15 is 0 Å². The van der Waals surface area contributed by atoms with Crippen LogP contribution in [0.25, 0.3) is 66.1 Å². The lowest BCUT2D eigenvalue weighted by atomic mass is 9.75. The van der Waals surface area contributed by atoms with Crippen molar-refractivity contribution in [3.63, 3.8) is 0 Å². The van der Waals surface area contributed by atoms with Crippen LogP contribution in [0.5, 0.6) is 0 Å². The summed E-state index contributed by atoms with van der Waals surface area (Å²) in [4.78, 5) is 0. The molecule has 6 aromatic carbocycles. The van der Waals surface area contributed by atoms with Crippen LogP contribution in [-0.4, -0.2) is 18.3 Å². The van der Waals surface area contributed by atoms with Gasteiger partial charge in [0.05, 0.1) is 11.2 Å². The smallest absolute Gasteiger partial charge is 0.399 e. The van der Waals surface area contributed by atoms with Crippen molar-refractivity contribution in [2.24, 2.45) is 0 Å². The van der Waals surface area contributed by atoms with Crippen LogP contribution in [0.3, 0.4) is 0 Å². The third kappa shape index (κ3) is 6.49. The number of rotatable bonds is 3. The number of fused-ring (bicyclic) bond motifs is 4. The first-order valence-electron chi connectivity index (χ1n) is 21.1. The molecule has 0 unspecified atom stereocenters. The second-order valence-corrected chi connectivity index (χ2v) is 22.2. The predicted molar refractivity (Wildman–Crippen MR) is 247 cm³/mol. The summed E-state index contributed by atoms with van der Waals surface area (Å²) in [7, 11) is -0.461. The third-order valence-corrected chi connectivity index (χ3v) is 13.2. The van der Waals surface area contributed by atoms with E-state index in [0.717, 1.165) is 5.46 Å². The molecule has 0 atom stereocenters. The van der Waals surface area contributed by atoms with Crippen LogP contribution < -0.4 is 5.46 Å². The van der Waals surface area contributed by atoms with Crippen molar-refractivity contribution >= 4 is 34.1 Å². The topological polar surface area (TPSA) is 18.5 Å². The minimum absolute atomic E-state index is 0.0214. The van der Waals surface area contributed by atoms with Crippen LogP contribution in [0.1, 0.15) is 133 Å². The molecule has 6 aromatic rings. The van der Waals surface area contributed by atoms with Crippen LogP contribution in [-0.2, 0) is 31.0 Å². The van der Waals surface area contributed by atoms with Gasteiger partial charge in [-0.15, -0.1) is 0 Å². The zero-order chi connectivity index (χ0) is 41.4. The van der Waals surface area contributed by atoms with Gasteiger partial charge in [0.25, 0.3) is 0 Å². The standard InChI is InChI=1S/C54H63BO2/c1-49(2,3)34-26-32(27-35(30-34)50(4,5)6)44-38-20-17-18-21-39(38)45(33-28-36(51(7,8)9)31-37(29-33)52(10,11)12)48-42-24-25-43(55-56-53(13,14)54(15,16)57-55)40-22-19-23-41(46(40)42)47(44)48/h17-31H,1-16H3. The second kappa shape index (κ2) is 12.7. The Balaban J connectivity index is 1.55. The van der Waals surface area contributed by atoms with Gasteiger partial charge in [-0.3, -0.25) is 0 Å². The van der Waals surface area contributed by atoms with Crippen LogP contribution in [0.2, 0.25) is 0 Å². The molecule has 0 bridgehead atoms. The molecule has 1 aliphatic carbocycles. The summed E-state index contributed by atoms with van der Waals surface area (Å²) in [6.45, 7) is 36.6. The molecule has 1 saturated heterocycles. The number of benzene rings is 6. The average molecular weight is 755 g/mol. The summed E-state index contributed by atoms with van der Waals surface area (Å²) in [6.07, 6.45) is 0. The van der Waals surface area contributed by atoms with Gasteiger partial charge in [0.15, 0.2) is 0 Å². The van der Waals surface area contributed by atoms with Crippen molar-refractivity contribution in [2.75, 3.05) is 0 Å². The Bertz CT molecular complexity index is 2400. The lowest BCUT2D eigenvalue weighted by Crippen LogP contribution is -2.41. The van der Waals surface area contributed by atoms with Crippen molar-refractivity contribution in [3.8, 4) is 44.5 Å². The molecule has 57 heavy (non-hydrogen) atoms.